The lowest BCUT2D eigenvalue weighted by atomic mass is 10.1. The van der Waals surface area contributed by atoms with E-state index in [1.165, 1.54) is 0 Å². The van der Waals surface area contributed by atoms with Crippen LogP contribution in [0.5, 0.6) is 0 Å². The number of rotatable bonds is 3. The molecule has 0 fully saturated rings. The van der Waals surface area contributed by atoms with Crippen LogP contribution in [0.1, 0.15) is 20.7 Å². The van der Waals surface area contributed by atoms with Gasteiger partial charge in [0.25, 0.3) is 11.8 Å². The first-order valence-electron chi connectivity index (χ1n) is 4.49. The maximum Gasteiger partial charge on any atom is 0.285 e. The Morgan fingerprint density at radius 3 is 2.12 bits per heavy atom. The summed E-state index contributed by atoms with van der Waals surface area (Å²) in [6.07, 6.45) is 0. The van der Waals surface area contributed by atoms with Gasteiger partial charge >= 0.3 is 0 Å². The number of nitrogens with zero attached hydrogens (tertiary/aromatic N) is 1. The summed E-state index contributed by atoms with van der Waals surface area (Å²) >= 11 is 6.35. The van der Waals surface area contributed by atoms with Gasteiger partial charge in [0, 0.05) is 5.33 Å². The molecule has 0 spiro atoms. The number of imide groups is 1. The molecule has 1 aliphatic heterocycles. The van der Waals surface area contributed by atoms with Gasteiger partial charge < -0.3 is 0 Å². The zero-order valence-corrected chi connectivity index (χ0v) is 11.2. The van der Waals surface area contributed by atoms with Crippen molar-refractivity contribution in [3.05, 3.63) is 35.4 Å². The molecular weight excluding hydrogens is 342 g/mol. The minimum Gasteiger partial charge on any atom is -0.266 e. The Labute approximate surface area is 109 Å². The molecule has 1 heterocycles. The normalized spacial score (nSPS) is 16.5. The first-order chi connectivity index (χ1) is 7.65. The molecule has 0 saturated carbocycles. The molecule has 84 valence electrons. The van der Waals surface area contributed by atoms with Gasteiger partial charge in [-0.05, 0) is 12.1 Å². The molecular formula is C10H7Br2NO3. The number of hydrogen-bond acceptors (Lipinski definition) is 3. The van der Waals surface area contributed by atoms with E-state index in [-0.39, 0.29) is 0 Å². The Bertz CT molecular complexity index is 414. The van der Waals surface area contributed by atoms with Gasteiger partial charge in [0.05, 0.1) is 11.1 Å². The first-order valence-corrected chi connectivity index (χ1v) is 6.53. The predicted molar refractivity (Wildman–Crippen MR) is 64.5 cm³/mol. The summed E-state index contributed by atoms with van der Waals surface area (Å²) < 4.78 is 0. The van der Waals surface area contributed by atoms with E-state index >= 15 is 0 Å². The quantitative estimate of drug-likeness (QED) is 0.622. The molecule has 1 aromatic rings. The minimum atomic E-state index is -0.425. The SMILES string of the molecule is O=C1c2ccccc2C(=O)N1OC(Br)CBr. The van der Waals surface area contributed by atoms with Crippen molar-refractivity contribution in [1.82, 2.24) is 5.06 Å². The highest BCUT2D eigenvalue weighted by Crippen LogP contribution is 2.24. The maximum absolute atomic E-state index is 11.8. The largest absolute Gasteiger partial charge is 0.285 e. The highest BCUT2D eigenvalue weighted by atomic mass is 79.9. The molecule has 0 aromatic heterocycles. The molecule has 0 saturated heterocycles. The molecule has 2 rings (SSSR count). The molecule has 1 unspecified atom stereocenters. The zero-order valence-electron chi connectivity index (χ0n) is 8.02. The molecule has 4 nitrogen and oxygen atoms in total. The van der Waals surface area contributed by atoms with Crippen molar-refractivity contribution in [2.45, 2.75) is 5.01 Å². The lowest BCUT2D eigenvalue weighted by Crippen LogP contribution is -2.33. The van der Waals surface area contributed by atoms with Crippen molar-refractivity contribution < 1.29 is 14.4 Å². The van der Waals surface area contributed by atoms with Gasteiger partial charge in [-0.2, -0.15) is 0 Å². The third kappa shape index (κ3) is 1.92. The van der Waals surface area contributed by atoms with E-state index in [1.807, 2.05) is 0 Å². The highest BCUT2D eigenvalue weighted by molar-refractivity contribution is 9.12. The van der Waals surface area contributed by atoms with Crippen molar-refractivity contribution >= 4 is 43.7 Å². The van der Waals surface area contributed by atoms with Crippen LogP contribution in [0, 0.1) is 0 Å². The number of carbonyl (C=O) groups excluding carboxylic acids is 2. The number of alkyl halides is 2. The second-order valence-corrected chi connectivity index (χ2v) is 4.79. The number of benzene rings is 1. The molecule has 0 N–H and O–H groups in total. The van der Waals surface area contributed by atoms with E-state index in [9.17, 15) is 9.59 Å². The summed E-state index contributed by atoms with van der Waals surface area (Å²) in [5.74, 6) is -0.850. The number of carbonyl (C=O) groups is 2. The molecule has 2 amide bonds. The van der Waals surface area contributed by atoms with Crippen molar-refractivity contribution in [2.24, 2.45) is 0 Å². The molecule has 0 radical (unpaired) electrons. The summed E-state index contributed by atoms with van der Waals surface area (Å²) in [5, 5.41) is 0.834. The fraction of sp³-hybridized carbons (Fsp3) is 0.200. The van der Waals surface area contributed by atoms with Gasteiger partial charge in [0.15, 0.2) is 5.01 Å². The van der Waals surface area contributed by atoms with E-state index in [4.69, 9.17) is 4.84 Å². The van der Waals surface area contributed by atoms with Gasteiger partial charge in [-0.15, -0.1) is 5.06 Å². The number of fused-ring (bicyclic) bond motifs is 1. The minimum absolute atomic E-state index is 0.377. The standard InChI is InChI=1S/C10H7Br2NO3/c11-5-8(12)16-13-9(14)6-3-1-2-4-7(6)10(13)15/h1-4,8H,5H2. The van der Waals surface area contributed by atoms with Crippen LogP contribution in [0.25, 0.3) is 0 Å². The Kier molecular flexibility index (Phi) is 3.41. The van der Waals surface area contributed by atoms with Gasteiger partial charge in [0.2, 0.25) is 0 Å². The highest BCUT2D eigenvalue weighted by Gasteiger charge is 2.37. The lowest BCUT2D eigenvalue weighted by molar-refractivity contribution is -0.0943. The van der Waals surface area contributed by atoms with Crippen molar-refractivity contribution in [1.29, 1.82) is 0 Å². The Morgan fingerprint density at radius 1 is 1.19 bits per heavy atom. The van der Waals surface area contributed by atoms with Crippen LogP contribution >= 0.6 is 31.9 Å². The molecule has 0 bridgehead atoms. The molecule has 1 aliphatic rings. The van der Waals surface area contributed by atoms with E-state index < -0.39 is 16.8 Å². The van der Waals surface area contributed by atoms with Crippen LogP contribution in [0.15, 0.2) is 24.3 Å². The molecule has 1 aromatic carbocycles. The topological polar surface area (TPSA) is 46.6 Å². The number of hydrogen-bond donors (Lipinski definition) is 0. The van der Waals surface area contributed by atoms with Crippen LogP contribution < -0.4 is 0 Å². The van der Waals surface area contributed by atoms with Crippen molar-refractivity contribution in [2.75, 3.05) is 5.33 Å². The van der Waals surface area contributed by atoms with Crippen molar-refractivity contribution in [3.63, 3.8) is 0 Å². The summed E-state index contributed by atoms with van der Waals surface area (Å²) in [5.41, 5.74) is 0.753. The monoisotopic (exact) mass is 347 g/mol. The van der Waals surface area contributed by atoms with Gasteiger partial charge in [-0.25, -0.2) is 4.84 Å². The van der Waals surface area contributed by atoms with Gasteiger partial charge in [-0.3, -0.25) is 9.59 Å². The van der Waals surface area contributed by atoms with Crippen LogP contribution in [0.3, 0.4) is 0 Å². The summed E-state index contributed by atoms with van der Waals surface area (Å²) in [4.78, 5) is 28.8. The Hall–Kier alpha value is -0.720. The van der Waals surface area contributed by atoms with Crippen LogP contribution in [0.4, 0.5) is 0 Å². The average molecular weight is 349 g/mol. The number of halogens is 2. The molecule has 16 heavy (non-hydrogen) atoms. The summed E-state index contributed by atoms with van der Waals surface area (Å²) in [7, 11) is 0. The number of amides is 2. The summed E-state index contributed by atoms with van der Waals surface area (Å²) in [6.45, 7) is 0. The van der Waals surface area contributed by atoms with E-state index in [2.05, 4.69) is 31.9 Å². The Morgan fingerprint density at radius 2 is 1.69 bits per heavy atom. The van der Waals surface area contributed by atoms with E-state index in [0.29, 0.717) is 16.5 Å². The zero-order chi connectivity index (χ0) is 11.7. The molecule has 6 heteroatoms. The third-order valence-electron chi connectivity index (χ3n) is 2.10. The van der Waals surface area contributed by atoms with E-state index in [1.54, 1.807) is 24.3 Å². The second kappa shape index (κ2) is 4.65. The van der Waals surface area contributed by atoms with Crippen LogP contribution in [0.2, 0.25) is 0 Å². The summed E-state index contributed by atoms with van der Waals surface area (Å²) in [6, 6.07) is 6.64. The predicted octanol–water partition coefficient (Wildman–Crippen LogP) is 2.33. The van der Waals surface area contributed by atoms with Crippen LogP contribution in [-0.4, -0.2) is 27.2 Å². The van der Waals surface area contributed by atoms with Gasteiger partial charge in [0.1, 0.15) is 0 Å². The van der Waals surface area contributed by atoms with Gasteiger partial charge in [-0.1, -0.05) is 44.0 Å². The van der Waals surface area contributed by atoms with Crippen molar-refractivity contribution in [3.8, 4) is 0 Å². The number of hydroxylamine groups is 2. The van der Waals surface area contributed by atoms with E-state index in [0.717, 1.165) is 5.06 Å². The third-order valence-corrected chi connectivity index (χ3v) is 4.05. The molecule has 0 aliphatic carbocycles. The fourth-order valence-electron chi connectivity index (χ4n) is 1.41. The second-order valence-electron chi connectivity index (χ2n) is 3.12. The smallest absolute Gasteiger partial charge is 0.266 e. The fourth-order valence-corrected chi connectivity index (χ4v) is 1.69. The Balaban J connectivity index is 2.28. The van der Waals surface area contributed by atoms with Crippen LogP contribution in [-0.2, 0) is 4.84 Å². The molecule has 1 atom stereocenters. The maximum atomic E-state index is 11.8. The average Bonchev–Trinajstić information content (AvgIpc) is 2.55. The lowest BCUT2D eigenvalue weighted by Gasteiger charge is -2.15. The first kappa shape index (κ1) is 11.8.